The minimum Gasteiger partial charge on any atom is -0.504 e. The summed E-state index contributed by atoms with van der Waals surface area (Å²) in [6, 6.07) is 5.60. The highest BCUT2D eigenvalue weighted by atomic mass is 16.5. The van der Waals surface area contributed by atoms with Crippen molar-refractivity contribution in [3.05, 3.63) is 23.8 Å². The Morgan fingerprint density at radius 3 is 2.42 bits per heavy atom. The predicted octanol–water partition coefficient (Wildman–Crippen LogP) is 1.78. The summed E-state index contributed by atoms with van der Waals surface area (Å²) in [5.74, 6) is 1.23. The van der Waals surface area contributed by atoms with Crippen molar-refractivity contribution in [3.8, 4) is 11.5 Å². The smallest absolute Gasteiger partial charge is 0.225 e. The predicted molar refractivity (Wildman–Crippen MR) is 101 cm³/mol. The topological polar surface area (TPSA) is 56.2 Å². The van der Waals surface area contributed by atoms with Gasteiger partial charge in [0.25, 0.3) is 0 Å². The number of amides is 1. The van der Waals surface area contributed by atoms with Gasteiger partial charge in [0.2, 0.25) is 5.91 Å². The number of carbonyl (C=O) groups excluding carboxylic acids is 1. The van der Waals surface area contributed by atoms with E-state index in [1.54, 1.807) is 13.2 Å². The van der Waals surface area contributed by atoms with E-state index in [0.717, 1.165) is 64.2 Å². The number of piperidine rings is 1. The molecular formula is C20H31N3O3. The van der Waals surface area contributed by atoms with Crippen LogP contribution in [0.1, 0.15) is 25.3 Å². The average molecular weight is 361 g/mol. The minimum atomic E-state index is 0.151. The minimum absolute atomic E-state index is 0.151. The van der Waals surface area contributed by atoms with Crippen LogP contribution in [0, 0.1) is 5.92 Å². The van der Waals surface area contributed by atoms with E-state index in [4.69, 9.17) is 4.74 Å². The van der Waals surface area contributed by atoms with Crippen molar-refractivity contribution in [2.45, 2.75) is 26.3 Å². The number of likely N-dealkylation sites (tertiary alicyclic amines) is 1. The number of phenols is 1. The van der Waals surface area contributed by atoms with Gasteiger partial charge in [0, 0.05) is 44.2 Å². The molecule has 0 saturated carbocycles. The summed E-state index contributed by atoms with van der Waals surface area (Å²) in [5.41, 5.74) is 0.879. The van der Waals surface area contributed by atoms with E-state index < -0.39 is 0 Å². The summed E-state index contributed by atoms with van der Waals surface area (Å²) in [7, 11) is 1.57. The molecule has 0 atom stereocenters. The number of hydrogen-bond donors (Lipinski definition) is 1. The van der Waals surface area contributed by atoms with E-state index in [2.05, 4.69) is 21.6 Å². The lowest BCUT2D eigenvalue weighted by molar-refractivity contribution is -0.138. The molecule has 6 nitrogen and oxygen atoms in total. The van der Waals surface area contributed by atoms with E-state index in [1.807, 2.05) is 12.1 Å². The van der Waals surface area contributed by atoms with Crippen molar-refractivity contribution in [2.24, 2.45) is 5.92 Å². The Bertz CT molecular complexity index is 606. The number of methoxy groups -OCH3 is 1. The van der Waals surface area contributed by atoms with Gasteiger partial charge in [-0.2, -0.15) is 0 Å². The van der Waals surface area contributed by atoms with Gasteiger partial charge in [-0.15, -0.1) is 0 Å². The first-order valence-corrected chi connectivity index (χ1v) is 9.70. The summed E-state index contributed by atoms with van der Waals surface area (Å²) in [6.07, 6.45) is 1.80. The molecule has 2 aliphatic rings. The van der Waals surface area contributed by atoms with Crippen molar-refractivity contribution in [2.75, 3.05) is 52.9 Å². The third-order valence-corrected chi connectivity index (χ3v) is 5.76. The lowest BCUT2D eigenvalue weighted by Crippen LogP contribution is -2.51. The molecule has 0 bridgehead atoms. The Kier molecular flexibility index (Phi) is 6.38. The Morgan fingerprint density at radius 2 is 1.81 bits per heavy atom. The van der Waals surface area contributed by atoms with Gasteiger partial charge in [-0.1, -0.05) is 19.1 Å². The molecule has 0 aliphatic carbocycles. The molecule has 6 heteroatoms. The third kappa shape index (κ3) is 4.30. The fourth-order valence-electron chi connectivity index (χ4n) is 3.98. The van der Waals surface area contributed by atoms with E-state index in [9.17, 15) is 9.90 Å². The van der Waals surface area contributed by atoms with Crippen LogP contribution in [-0.4, -0.2) is 78.6 Å². The first kappa shape index (κ1) is 19.0. The van der Waals surface area contributed by atoms with Gasteiger partial charge < -0.3 is 19.6 Å². The van der Waals surface area contributed by atoms with E-state index in [0.29, 0.717) is 18.2 Å². The van der Waals surface area contributed by atoms with Crippen LogP contribution in [0.4, 0.5) is 0 Å². The summed E-state index contributed by atoms with van der Waals surface area (Å²) in [6.45, 7) is 9.44. The van der Waals surface area contributed by atoms with Crippen molar-refractivity contribution in [3.63, 3.8) is 0 Å². The van der Waals surface area contributed by atoms with Crippen LogP contribution in [0.3, 0.4) is 0 Å². The first-order chi connectivity index (χ1) is 12.6. The summed E-state index contributed by atoms with van der Waals surface area (Å²) in [5, 5.41) is 10.3. The average Bonchev–Trinajstić information content (AvgIpc) is 2.69. The molecule has 1 aromatic carbocycles. The first-order valence-electron chi connectivity index (χ1n) is 9.70. The molecule has 0 unspecified atom stereocenters. The number of hydrogen-bond acceptors (Lipinski definition) is 5. The maximum absolute atomic E-state index is 12.8. The standard InChI is InChI=1S/C20H31N3O3/c1-3-21-11-13-23(14-12-21)20(25)16-7-9-22(10-8-16)15-17-5-4-6-18(26-2)19(17)24/h4-6,16,24H,3,7-15H2,1-2H3. The normalized spacial score (nSPS) is 20.3. The molecule has 2 heterocycles. The Balaban J connectivity index is 1.49. The SMILES string of the molecule is CCN1CCN(C(=O)C2CCN(Cc3cccc(OC)c3O)CC2)CC1. The molecule has 0 aromatic heterocycles. The van der Waals surface area contributed by atoms with Crippen molar-refractivity contribution in [1.82, 2.24) is 14.7 Å². The van der Waals surface area contributed by atoms with Gasteiger partial charge in [-0.3, -0.25) is 9.69 Å². The second-order valence-corrected chi connectivity index (χ2v) is 7.28. The number of phenolic OH excluding ortho intramolecular Hbond substituents is 1. The van der Waals surface area contributed by atoms with E-state index in [-0.39, 0.29) is 11.7 Å². The number of carbonyl (C=O) groups is 1. The van der Waals surface area contributed by atoms with E-state index >= 15 is 0 Å². The van der Waals surface area contributed by atoms with Crippen molar-refractivity contribution < 1.29 is 14.6 Å². The van der Waals surface area contributed by atoms with Crippen molar-refractivity contribution in [1.29, 1.82) is 0 Å². The fraction of sp³-hybridized carbons (Fsp3) is 0.650. The summed E-state index contributed by atoms with van der Waals surface area (Å²) < 4.78 is 5.18. The van der Waals surface area contributed by atoms with Crippen LogP contribution < -0.4 is 4.74 Å². The van der Waals surface area contributed by atoms with Crippen LogP contribution in [0.15, 0.2) is 18.2 Å². The molecule has 0 radical (unpaired) electrons. The Morgan fingerprint density at radius 1 is 1.12 bits per heavy atom. The lowest BCUT2D eigenvalue weighted by Gasteiger charge is -2.38. The molecular weight excluding hydrogens is 330 g/mol. The zero-order chi connectivity index (χ0) is 18.5. The van der Waals surface area contributed by atoms with Gasteiger partial charge in [0.1, 0.15) is 0 Å². The second kappa shape index (κ2) is 8.73. The van der Waals surface area contributed by atoms with Crippen LogP contribution in [-0.2, 0) is 11.3 Å². The molecule has 1 amide bonds. The monoisotopic (exact) mass is 361 g/mol. The lowest BCUT2D eigenvalue weighted by atomic mass is 9.94. The molecule has 26 heavy (non-hydrogen) atoms. The van der Waals surface area contributed by atoms with Crippen LogP contribution in [0.2, 0.25) is 0 Å². The van der Waals surface area contributed by atoms with Crippen molar-refractivity contribution >= 4 is 5.91 Å². The number of likely N-dealkylation sites (N-methyl/N-ethyl adjacent to an activating group) is 1. The molecule has 2 aliphatic heterocycles. The van der Waals surface area contributed by atoms with Gasteiger partial charge >= 0.3 is 0 Å². The molecule has 3 rings (SSSR count). The number of rotatable bonds is 5. The molecule has 0 spiro atoms. The third-order valence-electron chi connectivity index (χ3n) is 5.76. The summed E-state index contributed by atoms with van der Waals surface area (Å²) in [4.78, 5) is 19.5. The molecule has 1 N–H and O–H groups in total. The maximum Gasteiger partial charge on any atom is 0.225 e. The zero-order valence-electron chi connectivity index (χ0n) is 16.0. The fourth-order valence-corrected chi connectivity index (χ4v) is 3.98. The summed E-state index contributed by atoms with van der Waals surface area (Å²) >= 11 is 0. The highest BCUT2D eigenvalue weighted by molar-refractivity contribution is 5.79. The van der Waals surface area contributed by atoms with Gasteiger partial charge in [-0.25, -0.2) is 0 Å². The number of nitrogens with zero attached hydrogens (tertiary/aromatic N) is 3. The molecule has 1 aromatic rings. The Labute approximate surface area is 156 Å². The number of ether oxygens (including phenoxy) is 1. The number of para-hydroxylation sites is 1. The quantitative estimate of drug-likeness (QED) is 0.866. The zero-order valence-corrected chi connectivity index (χ0v) is 16.0. The van der Waals surface area contributed by atoms with Gasteiger partial charge in [0.05, 0.1) is 7.11 Å². The molecule has 144 valence electrons. The largest absolute Gasteiger partial charge is 0.504 e. The van der Waals surface area contributed by atoms with Crippen LogP contribution in [0.25, 0.3) is 0 Å². The number of benzene rings is 1. The number of piperazine rings is 1. The highest BCUT2D eigenvalue weighted by Crippen LogP contribution is 2.31. The molecule has 2 fully saturated rings. The second-order valence-electron chi connectivity index (χ2n) is 7.28. The van der Waals surface area contributed by atoms with Gasteiger partial charge in [0.15, 0.2) is 11.5 Å². The highest BCUT2D eigenvalue weighted by Gasteiger charge is 2.30. The Hall–Kier alpha value is -1.79. The van der Waals surface area contributed by atoms with E-state index in [1.165, 1.54) is 0 Å². The van der Waals surface area contributed by atoms with Crippen LogP contribution in [0.5, 0.6) is 11.5 Å². The maximum atomic E-state index is 12.8. The van der Waals surface area contributed by atoms with Gasteiger partial charge in [-0.05, 0) is 38.5 Å². The molecule has 2 saturated heterocycles. The number of aromatic hydroxyl groups is 1. The van der Waals surface area contributed by atoms with Crippen LogP contribution >= 0.6 is 0 Å².